The molecule has 0 atom stereocenters. The van der Waals surface area contributed by atoms with Gasteiger partial charge in [0.2, 0.25) is 0 Å². The largest absolute Gasteiger partial charge is 0.383 e. The van der Waals surface area contributed by atoms with Gasteiger partial charge in [0.25, 0.3) is 10.0 Å². The second-order valence-electron chi connectivity index (χ2n) is 5.63. The van der Waals surface area contributed by atoms with Crippen molar-refractivity contribution in [2.45, 2.75) is 11.3 Å². The molecule has 134 valence electrons. The van der Waals surface area contributed by atoms with Crippen LogP contribution in [0, 0.1) is 0 Å². The van der Waals surface area contributed by atoms with Gasteiger partial charge in [-0.05, 0) is 36.2 Å². The molecule has 1 heterocycles. The Morgan fingerprint density at radius 1 is 0.923 bits per heavy atom. The van der Waals surface area contributed by atoms with Gasteiger partial charge in [-0.3, -0.25) is 4.72 Å². The van der Waals surface area contributed by atoms with E-state index in [1.165, 1.54) is 17.7 Å². The fraction of sp³-hybridized carbons (Fsp3) is 0.105. The van der Waals surface area contributed by atoms with E-state index in [2.05, 4.69) is 27.2 Å². The third-order valence-electron chi connectivity index (χ3n) is 3.71. The molecular formula is C19H18ClN3O2S. The Kier molecular flexibility index (Phi) is 5.75. The zero-order valence-corrected chi connectivity index (χ0v) is 15.5. The van der Waals surface area contributed by atoms with Crippen molar-refractivity contribution in [3.8, 4) is 0 Å². The van der Waals surface area contributed by atoms with Crippen LogP contribution in [0.5, 0.6) is 0 Å². The molecule has 5 nitrogen and oxygen atoms in total. The van der Waals surface area contributed by atoms with Crippen molar-refractivity contribution < 1.29 is 8.42 Å². The minimum Gasteiger partial charge on any atom is -0.383 e. The summed E-state index contributed by atoms with van der Waals surface area (Å²) in [7, 11) is -3.77. The topological polar surface area (TPSA) is 71.1 Å². The Morgan fingerprint density at radius 3 is 2.35 bits per heavy atom. The maximum Gasteiger partial charge on any atom is 0.264 e. The molecule has 0 aliphatic heterocycles. The highest BCUT2D eigenvalue weighted by Crippen LogP contribution is 2.23. The maximum atomic E-state index is 12.4. The summed E-state index contributed by atoms with van der Waals surface area (Å²) >= 11 is 5.96. The zero-order valence-electron chi connectivity index (χ0n) is 13.9. The van der Waals surface area contributed by atoms with Crippen molar-refractivity contribution in [1.82, 2.24) is 4.98 Å². The van der Waals surface area contributed by atoms with E-state index in [0.29, 0.717) is 0 Å². The van der Waals surface area contributed by atoms with Crippen molar-refractivity contribution in [3.05, 3.63) is 83.5 Å². The van der Waals surface area contributed by atoms with Crippen molar-refractivity contribution in [3.63, 3.8) is 0 Å². The molecule has 3 aromatic rings. The monoisotopic (exact) mass is 387 g/mol. The summed E-state index contributed by atoms with van der Waals surface area (Å²) in [5.74, 6) is 0.235. The third-order valence-corrected chi connectivity index (χ3v) is 5.57. The van der Waals surface area contributed by atoms with Gasteiger partial charge in [0.15, 0.2) is 0 Å². The number of nitrogens with one attached hydrogen (secondary N) is 2. The van der Waals surface area contributed by atoms with Crippen LogP contribution in [-0.4, -0.2) is 19.9 Å². The predicted octanol–water partition coefficient (Wildman–Crippen LogP) is 4.19. The highest BCUT2D eigenvalue weighted by molar-refractivity contribution is 7.92. The minimum absolute atomic E-state index is 0.0218. The van der Waals surface area contributed by atoms with Gasteiger partial charge in [-0.1, -0.05) is 54.1 Å². The van der Waals surface area contributed by atoms with Crippen LogP contribution in [0.2, 0.25) is 5.02 Å². The van der Waals surface area contributed by atoms with Crippen LogP contribution < -0.4 is 10.0 Å². The van der Waals surface area contributed by atoms with Gasteiger partial charge >= 0.3 is 0 Å². The summed E-state index contributed by atoms with van der Waals surface area (Å²) < 4.78 is 27.2. The standard InChI is InChI=1S/C19H18ClN3O2S/c20-17-8-4-5-9-18(17)26(24,25)23-19-11-10-16(14-22-19)21-13-12-15-6-2-1-3-7-15/h1-11,14,21H,12-13H2,(H,22,23). The molecule has 0 saturated carbocycles. The first-order chi connectivity index (χ1) is 12.5. The number of hydrogen-bond donors (Lipinski definition) is 2. The number of benzene rings is 2. The van der Waals surface area contributed by atoms with Crippen LogP contribution in [0.3, 0.4) is 0 Å². The number of nitrogens with zero attached hydrogens (tertiary/aromatic N) is 1. The van der Waals surface area contributed by atoms with Crippen LogP contribution in [0.4, 0.5) is 11.5 Å². The molecule has 0 fully saturated rings. The summed E-state index contributed by atoms with van der Waals surface area (Å²) in [5.41, 5.74) is 2.07. The first-order valence-corrected chi connectivity index (χ1v) is 9.92. The first kappa shape index (κ1) is 18.2. The zero-order chi connectivity index (χ0) is 18.4. The summed E-state index contributed by atoms with van der Waals surface area (Å²) in [5, 5.41) is 3.43. The lowest BCUT2D eigenvalue weighted by Crippen LogP contribution is -2.14. The third kappa shape index (κ3) is 4.74. The Morgan fingerprint density at radius 2 is 1.65 bits per heavy atom. The normalized spacial score (nSPS) is 11.1. The lowest BCUT2D eigenvalue weighted by atomic mass is 10.1. The van der Waals surface area contributed by atoms with Crippen molar-refractivity contribution >= 4 is 33.1 Å². The molecular weight excluding hydrogens is 370 g/mol. The fourth-order valence-corrected chi connectivity index (χ4v) is 3.94. The van der Waals surface area contributed by atoms with Gasteiger partial charge in [-0.25, -0.2) is 13.4 Å². The Balaban J connectivity index is 1.60. The first-order valence-electron chi connectivity index (χ1n) is 8.06. The van der Waals surface area contributed by atoms with Gasteiger partial charge in [0, 0.05) is 6.54 Å². The van der Waals surface area contributed by atoms with Gasteiger partial charge in [-0.2, -0.15) is 0 Å². The van der Waals surface area contributed by atoms with Crippen LogP contribution in [0.15, 0.2) is 77.8 Å². The summed E-state index contributed by atoms with van der Waals surface area (Å²) in [4.78, 5) is 4.17. The quantitative estimate of drug-likeness (QED) is 0.637. The summed E-state index contributed by atoms with van der Waals surface area (Å²) in [6.07, 6.45) is 2.48. The molecule has 0 radical (unpaired) electrons. The van der Waals surface area contributed by atoms with E-state index in [-0.39, 0.29) is 15.7 Å². The number of sulfonamides is 1. The highest BCUT2D eigenvalue weighted by atomic mass is 35.5. The van der Waals surface area contributed by atoms with Crippen LogP contribution in [0.1, 0.15) is 5.56 Å². The number of halogens is 1. The smallest absolute Gasteiger partial charge is 0.264 e. The minimum atomic E-state index is -3.77. The van der Waals surface area contributed by atoms with E-state index < -0.39 is 10.0 Å². The predicted molar refractivity (Wildman–Crippen MR) is 105 cm³/mol. The summed E-state index contributed by atoms with van der Waals surface area (Å²) in [6.45, 7) is 0.760. The van der Waals surface area contributed by atoms with Gasteiger partial charge in [0.05, 0.1) is 16.9 Å². The van der Waals surface area contributed by atoms with Crippen molar-refractivity contribution in [2.75, 3.05) is 16.6 Å². The van der Waals surface area contributed by atoms with Crippen LogP contribution in [0.25, 0.3) is 0 Å². The van der Waals surface area contributed by atoms with E-state index in [4.69, 9.17) is 11.6 Å². The van der Waals surface area contributed by atoms with Gasteiger partial charge in [-0.15, -0.1) is 0 Å². The molecule has 0 saturated heterocycles. The molecule has 26 heavy (non-hydrogen) atoms. The molecule has 1 aromatic heterocycles. The fourth-order valence-electron chi connectivity index (χ4n) is 2.41. The van der Waals surface area contributed by atoms with E-state index in [0.717, 1.165) is 18.7 Å². The molecule has 3 rings (SSSR count). The van der Waals surface area contributed by atoms with Gasteiger partial charge < -0.3 is 5.32 Å². The number of pyridine rings is 1. The number of hydrogen-bond acceptors (Lipinski definition) is 4. The molecule has 2 aromatic carbocycles. The second kappa shape index (κ2) is 8.21. The van der Waals surface area contributed by atoms with Crippen molar-refractivity contribution in [2.24, 2.45) is 0 Å². The average Bonchev–Trinajstić information content (AvgIpc) is 2.64. The van der Waals surface area contributed by atoms with E-state index in [9.17, 15) is 8.42 Å². The average molecular weight is 388 g/mol. The molecule has 0 unspecified atom stereocenters. The van der Waals surface area contributed by atoms with Crippen LogP contribution >= 0.6 is 11.6 Å². The molecule has 0 spiro atoms. The molecule has 0 aliphatic carbocycles. The molecule has 0 amide bonds. The summed E-state index contributed by atoms with van der Waals surface area (Å²) in [6, 6.07) is 19.8. The van der Waals surface area contributed by atoms with Gasteiger partial charge in [0.1, 0.15) is 10.7 Å². The van der Waals surface area contributed by atoms with E-state index in [1.54, 1.807) is 30.5 Å². The number of anilines is 2. The lowest BCUT2D eigenvalue weighted by Gasteiger charge is -2.10. The SMILES string of the molecule is O=S(=O)(Nc1ccc(NCCc2ccccc2)cn1)c1ccccc1Cl. The van der Waals surface area contributed by atoms with E-state index in [1.807, 2.05) is 18.2 Å². The molecule has 0 aliphatic rings. The maximum absolute atomic E-state index is 12.4. The van der Waals surface area contributed by atoms with Crippen molar-refractivity contribution in [1.29, 1.82) is 0 Å². The Hall–Kier alpha value is -2.57. The number of rotatable bonds is 7. The lowest BCUT2D eigenvalue weighted by molar-refractivity contribution is 0.601. The molecule has 7 heteroatoms. The Labute approximate surface area is 158 Å². The van der Waals surface area contributed by atoms with E-state index >= 15 is 0 Å². The molecule has 2 N–H and O–H groups in total. The Bertz CT molecular complexity index is 962. The second-order valence-corrected chi connectivity index (χ2v) is 7.69. The highest BCUT2D eigenvalue weighted by Gasteiger charge is 2.17. The van der Waals surface area contributed by atoms with Crippen LogP contribution in [-0.2, 0) is 16.4 Å². The number of aromatic nitrogens is 1. The molecule has 0 bridgehead atoms.